The van der Waals surface area contributed by atoms with Crippen molar-refractivity contribution in [1.29, 1.82) is 0 Å². The van der Waals surface area contributed by atoms with Gasteiger partial charge in [-0.15, -0.1) is 0 Å². The van der Waals surface area contributed by atoms with Gasteiger partial charge in [-0.1, -0.05) is 24.6 Å². The van der Waals surface area contributed by atoms with E-state index in [4.69, 9.17) is 16.3 Å². The summed E-state index contributed by atoms with van der Waals surface area (Å²) < 4.78 is 5.60. The Labute approximate surface area is 87.8 Å². The number of ether oxygens (including phenoxy) is 1. The first-order chi connectivity index (χ1) is 6.83. The van der Waals surface area contributed by atoms with E-state index in [2.05, 4.69) is 11.9 Å². The molecule has 1 heterocycles. The lowest BCUT2D eigenvalue weighted by Crippen LogP contribution is -1.94. The van der Waals surface area contributed by atoms with Crippen molar-refractivity contribution < 1.29 is 4.74 Å². The summed E-state index contributed by atoms with van der Waals surface area (Å²) >= 11 is 6.05. The number of hydrogen-bond acceptors (Lipinski definition) is 1. The summed E-state index contributed by atoms with van der Waals surface area (Å²) in [6.07, 6.45) is 2.78. The average Bonchev–Trinajstić information content (AvgIpc) is 2.58. The number of aromatic nitrogens is 1. The number of halogens is 1. The quantitative estimate of drug-likeness (QED) is 0.821. The highest BCUT2D eigenvalue weighted by molar-refractivity contribution is 6.36. The first kappa shape index (κ1) is 9.41. The van der Waals surface area contributed by atoms with Gasteiger partial charge in [-0.05, 0) is 18.6 Å². The molecule has 0 saturated heterocycles. The number of H-pyrrole nitrogens is 1. The Bertz CT molecular complexity index is 436. The zero-order valence-corrected chi connectivity index (χ0v) is 8.77. The molecule has 0 atom stereocenters. The molecule has 0 aliphatic carbocycles. The monoisotopic (exact) mass is 209 g/mol. The first-order valence-corrected chi connectivity index (χ1v) is 5.09. The third-order valence-electron chi connectivity index (χ3n) is 2.08. The van der Waals surface area contributed by atoms with Crippen LogP contribution in [0.1, 0.15) is 13.3 Å². The Kier molecular flexibility index (Phi) is 2.64. The van der Waals surface area contributed by atoms with E-state index in [0.717, 1.165) is 29.7 Å². The number of fused-ring (bicyclic) bond motifs is 1. The van der Waals surface area contributed by atoms with Gasteiger partial charge in [0.1, 0.15) is 5.75 Å². The van der Waals surface area contributed by atoms with E-state index in [0.29, 0.717) is 5.02 Å². The molecule has 74 valence electrons. The molecule has 2 aromatic rings. The van der Waals surface area contributed by atoms with Crippen LogP contribution in [0.25, 0.3) is 10.9 Å². The van der Waals surface area contributed by atoms with Crippen molar-refractivity contribution in [2.24, 2.45) is 0 Å². The van der Waals surface area contributed by atoms with Crippen LogP contribution in [0.15, 0.2) is 24.4 Å². The Hall–Kier alpha value is -1.15. The standard InChI is InChI=1S/C11H12ClNO/c1-2-6-14-10-5-3-4-9-11(10)8(12)7-13-9/h3-5,7,13H,2,6H2,1H3. The summed E-state index contributed by atoms with van der Waals surface area (Å²) in [4.78, 5) is 3.09. The van der Waals surface area contributed by atoms with Crippen molar-refractivity contribution >= 4 is 22.5 Å². The predicted octanol–water partition coefficient (Wildman–Crippen LogP) is 3.61. The SMILES string of the molecule is CCCOc1cccc2[nH]cc(Cl)c12. The molecule has 14 heavy (non-hydrogen) atoms. The van der Waals surface area contributed by atoms with Gasteiger partial charge in [0.15, 0.2) is 0 Å². The van der Waals surface area contributed by atoms with Crippen LogP contribution in [0.4, 0.5) is 0 Å². The van der Waals surface area contributed by atoms with Crippen molar-refractivity contribution in [1.82, 2.24) is 4.98 Å². The van der Waals surface area contributed by atoms with Crippen LogP contribution in [0.2, 0.25) is 5.02 Å². The lowest BCUT2D eigenvalue weighted by atomic mass is 10.2. The van der Waals surface area contributed by atoms with E-state index in [9.17, 15) is 0 Å². The zero-order chi connectivity index (χ0) is 9.97. The summed E-state index contributed by atoms with van der Waals surface area (Å²) in [7, 11) is 0. The molecule has 1 aromatic carbocycles. The van der Waals surface area contributed by atoms with Crippen LogP contribution in [-0.4, -0.2) is 11.6 Å². The van der Waals surface area contributed by atoms with Crippen LogP contribution < -0.4 is 4.74 Å². The maximum Gasteiger partial charge on any atom is 0.130 e. The molecule has 0 saturated carbocycles. The second kappa shape index (κ2) is 3.93. The third-order valence-corrected chi connectivity index (χ3v) is 2.38. The molecular formula is C11H12ClNO. The number of aromatic amines is 1. The van der Waals surface area contributed by atoms with Crippen molar-refractivity contribution in [2.75, 3.05) is 6.61 Å². The Morgan fingerprint density at radius 3 is 3.07 bits per heavy atom. The average molecular weight is 210 g/mol. The van der Waals surface area contributed by atoms with Gasteiger partial charge >= 0.3 is 0 Å². The van der Waals surface area contributed by atoms with Gasteiger partial charge in [0.25, 0.3) is 0 Å². The topological polar surface area (TPSA) is 25.0 Å². The summed E-state index contributed by atoms with van der Waals surface area (Å²) in [6, 6.07) is 5.89. The van der Waals surface area contributed by atoms with Crippen LogP contribution >= 0.6 is 11.6 Å². The highest BCUT2D eigenvalue weighted by Gasteiger charge is 2.06. The van der Waals surface area contributed by atoms with Gasteiger partial charge in [-0.3, -0.25) is 0 Å². The summed E-state index contributed by atoms with van der Waals surface area (Å²) in [6.45, 7) is 2.81. The Morgan fingerprint density at radius 2 is 2.29 bits per heavy atom. The molecule has 0 spiro atoms. The molecule has 0 radical (unpaired) electrons. The highest BCUT2D eigenvalue weighted by atomic mass is 35.5. The van der Waals surface area contributed by atoms with Crippen LogP contribution in [0, 0.1) is 0 Å². The fourth-order valence-corrected chi connectivity index (χ4v) is 1.69. The lowest BCUT2D eigenvalue weighted by Gasteiger charge is -2.05. The Balaban J connectivity index is 2.46. The Morgan fingerprint density at radius 1 is 1.43 bits per heavy atom. The molecule has 2 rings (SSSR count). The second-order valence-corrected chi connectivity index (χ2v) is 3.57. The minimum atomic E-state index is 0.715. The molecule has 1 N–H and O–H groups in total. The van der Waals surface area contributed by atoms with E-state index in [1.165, 1.54) is 0 Å². The molecule has 2 nitrogen and oxygen atoms in total. The highest BCUT2D eigenvalue weighted by Crippen LogP contribution is 2.31. The van der Waals surface area contributed by atoms with E-state index in [-0.39, 0.29) is 0 Å². The van der Waals surface area contributed by atoms with Gasteiger partial charge < -0.3 is 9.72 Å². The van der Waals surface area contributed by atoms with Crippen LogP contribution in [0.3, 0.4) is 0 Å². The number of rotatable bonds is 3. The van der Waals surface area contributed by atoms with E-state index in [1.807, 2.05) is 18.2 Å². The van der Waals surface area contributed by atoms with Gasteiger partial charge in [0.2, 0.25) is 0 Å². The van der Waals surface area contributed by atoms with Gasteiger partial charge in [0.05, 0.1) is 22.5 Å². The molecule has 0 aliphatic rings. The zero-order valence-electron chi connectivity index (χ0n) is 8.01. The van der Waals surface area contributed by atoms with Gasteiger partial charge in [0, 0.05) is 6.20 Å². The number of hydrogen-bond donors (Lipinski definition) is 1. The largest absolute Gasteiger partial charge is 0.493 e. The maximum atomic E-state index is 6.05. The van der Waals surface area contributed by atoms with Crippen molar-refractivity contribution in [2.45, 2.75) is 13.3 Å². The minimum absolute atomic E-state index is 0.715. The predicted molar refractivity (Wildman–Crippen MR) is 59.1 cm³/mol. The molecule has 0 amide bonds. The normalized spacial score (nSPS) is 10.7. The summed E-state index contributed by atoms with van der Waals surface area (Å²) in [5.41, 5.74) is 1.02. The molecule has 0 unspecified atom stereocenters. The van der Waals surface area contributed by atoms with Crippen molar-refractivity contribution in [3.8, 4) is 5.75 Å². The number of benzene rings is 1. The van der Waals surface area contributed by atoms with Crippen molar-refractivity contribution in [3.05, 3.63) is 29.4 Å². The second-order valence-electron chi connectivity index (χ2n) is 3.16. The molecule has 1 aromatic heterocycles. The minimum Gasteiger partial charge on any atom is -0.493 e. The fraction of sp³-hybridized carbons (Fsp3) is 0.273. The first-order valence-electron chi connectivity index (χ1n) is 4.71. The van der Waals surface area contributed by atoms with E-state index in [1.54, 1.807) is 6.20 Å². The summed E-state index contributed by atoms with van der Waals surface area (Å²) in [5, 5.41) is 1.69. The third kappa shape index (κ3) is 1.58. The fourth-order valence-electron chi connectivity index (χ4n) is 1.44. The van der Waals surface area contributed by atoms with Gasteiger partial charge in [-0.25, -0.2) is 0 Å². The molecule has 0 aliphatic heterocycles. The van der Waals surface area contributed by atoms with Gasteiger partial charge in [-0.2, -0.15) is 0 Å². The smallest absolute Gasteiger partial charge is 0.130 e. The molecule has 0 fully saturated rings. The molecule has 0 bridgehead atoms. The van der Waals surface area contributed by atoms with Crippen LogP contribution in [0.5, 0.6) is 5.75 Å². The van der Waals surface area contributed by atoms with Crippen LogP contribution in [-0.2, 0) is 0 Å². The molecule has 3 heteroatoms. The molecular weight excluding hydrogens is 198 g/mol. The van der Waals surface area contributed by atoms with E-state index >= 15 is 0 Å². The number of nitrogens with one attached hydrogen (secondary N) is 1. The summed E-state index contributed by atoms with van der Waals surface area (Å²) in [5.74, 6) is 0.857. The van der Waals surface area contributed by atoms with E-state index < -0.39 is 0 Å². The maximum absolute atomic E-state index is 6.05. The lowest BCUT2D eigenvalue weighted by molar-refractivity contribution is 0.321. The van der Waals surface area contributed by atoms with Crippen molar-refractivity contribution in [3.63, 3.8) is 0 Å².